The van der Waals surface area contributed by atoms with Crippen LogP contribution < -0.4 is 5.73 Å². The van der Waals surface area contributed by atoms with Gasteiger partial charge in [0.25, 0.3) is 5.82 Å². The molecule has 0 radical (unpaired) electrons. The second kappa shape index (κ2) is 4.41. The van der Waals surface area contributed by atoms with Gasteiger partial charge in [-0.05, 0) is 19.9 Å². The van der Waals surface area contributed by atoms with E-state index < -0.39 is 0 Å². The standard InChI is InChI=1S/C9H17N2O2/c1-3-12-11(13-4-2)8-6-5-7-9(11)10/h5-7H,3-4,8,10H2,1-2H3/q+1. The fourth-order valence-electron chi connectivity index (χ4n) is 1.29. The monoisotopic (exact) mass is 185 g/mol. The van der Waals surface area contributed by atoms with Gasteiger partial charge < -0.3 is 5.73 Å². The molecular formula is C9H17N2O2+. The van der Waals surface area contributed by atoms with E-state index in [0.29, 0.717) is 25.6 Å². The van der Waals surface area contributed by atoms with E-state index in [0.717, 1.165) is 0 Å². The molecule has 4 heteroatoms. The van der Waals surface area contributed by atoms with E-state index in [9.17, 15) is 0 Å². The van der Waals surface area contributed by atoms with Crippen molar-refractivity contribution in [1.82, 2.24) is 0 Å². The third-order valence-corrected chi connectivity index (χ3v) is 1.82. The van der Waals surface area contributed by atoms with E-state index in [1.165, 1.54) is 0 Å². The minimum absolute atomic E-state index is 0.0243. The van der Waals surface area contributed by atoms with Gasteiger partial charge in [0.05, 0.1) is 0 Å². The summed E-state index contributed by atoms with van der Waals surface area (Å²) in [4.78, 5) is 11.0. The van der Waals surface area contributed by atoms with Crippen LogP contribution in [-0.4, -0.2) is 24.6 Å². The van der Waals surface area contributed by atoms with Crippen LogP contribution in [0.2, 0.25) is 0 Å². The van der Waals surface area contributed by atoms with Gasteiger partial charge in [0.2, 0.25) is 0 Å². The van der Waals surface area contributed by atoms with Crippen molar-refractivity contribution in [2.45, 2.75) is 13.8 Å². The molecule has 4 nitrogen and oxygen atoms in total. The molecule has 0 fully saturated rings. The lowest BCUT2D eigenvalue weighted by Crippen LogP contribution is -2.50. The van der Waals surface area contributed by atoms with Gasteiger partial charge in [-0.2, -0.15) is 9.68 Å². The van der Waals surface area contributed by atoms with Crippen molar-refractivity contribution < 1.29 is 14.5 Å². The number of nitrogens with zero attached hydrogens (tertiary/aromatic N) is 1. The van der Waals surface area contributed by atoms with E-state index in [1.54, 1.807) is 6.08 Å². The van der Waals surface area contributed by atoms with Crippen molar-refractivity contribution in [2.75, 3.05) is 19.8 Å². The van der Waals surface area contributed by atoms with Crippen LogP contribution in [0.4, 0.5) is 0 Å². The van der Waals surface area contributed by atoms with Gasteiger partial charge in [-0.25, -0.2) is 0 Å². The van der Waals surface area contributed by atoms with Crippen molar-refractivity contribution in [3.63, 3.8) is 0 Å². The van der Waals surface area contributed by atoms with Crippen LogP contribution in [0, 0.1) is 0 Å². The molecule has 0 aromatic rings. The minimum Gasteiger partial charge on any atom is -0.350 e. The number of nitrogens with two attached hydrogens (primary N) is 1. The topological polar surface area (TPSA) is 44.5 Å². The smallest absolute Gasteiger partial charge is 0.266 e. The number of hydrogen-bond acceptors (Lipinski definition) is 3. The fraction of sp³-hybridized carbons (Fsp3) is 0.556. The molecule has 0 aromatic heterocycles. The molecule has 0 bridgehead atoms. The zero-order valence-electron chi connectivity index (χ0n) is 8.19. The van der Waals surface area contributed by atoms with Gasteiger partial charge in [-0.15, -0.1) is 0 Å². The fourth-order valence-corrected chi connectivity index (χ4v) is 1.29. The summed E-state index contributed by atoms with van der Waals surface area (Å²) in [5, 5.41) is 0. The summed E-state index contributed by atoms with van der Waals surface area (Å²) in [5.41, 5.74) is 5.82. The first kappa shape index (κ1) is 10.2. The Bertz CT molecular complexity index is 218. The molecule has 74 valence electrons. The summed E-state index contributed by atoms with van der Waals surface area (Å²) < 4.78 is 0. The van der Waals surface area contributed by atoms with Crippen LogP contribution in [0.1, 0.15) is 13.8 Å². The van der Waals surface area contributed by atoms with Gasteiger partial charge in [0.15, 0.2) is 6.54 Å². The van der Waals surface area contributed by atoms with Crippen LogP contribution in [0.3, 0.4) is 0 Å². The van der Waals surface area contributed by atoms with Crippen molar-refractivity contribution >= 4 is 0 Å². The lowest BCUT2D eigenvalue weighted by molar-refractivity contribution is -1.22. The highest BCUT2D eigenvalue weighted by Crippen LogP contribution is 2.19. The molecule has 1 heterocycles. The van der Waals surface area contributed by atoms with Gasteiger partial charge in [0.1, 0.15) is 13.2 Å². The van der Waals surface area contributed by atoms with Crippen LogP contribution in [0.25, 0.3) is 0 Å². The molecule has 0 spiro atoms. The molecule has 1 aliphatic rings. The van der Waals surface area contributed by atoms with Crippen LogP contribution >= 0.6 is 0 Å². The summed E-state index contributed by atoms with van der Waals surface area (Å²) in [7, 11) is 0. The van der Waals surface area contributed by atoms with Gasteiger partial charge >= 0.3 is 0 Å². The molecule has 0 aromatic carbocycles. The molecule has 0 aliphatic carbocycles. The zero-order valence-corrected chi connectivity index (χ0v) is 8.19. The highest BCUT2D eigenvalue weighted by molar-refractivity contribution is 5.08. The Balaban J connectivity index is 2.77. The van der Waals surface area contributed by atoms with Gasteiger partial charge in [-0.3, -0.25) is 0 Å². The third-order valence-electron chi connectivity index (χ3n) is 1.82. The SMILES string of the molecule is CCO[N+]1(OCC)CC=CC=C1N. The Morgan fingerprint density at radius 2 is 2.00 bits per heavy atom. The zero-order chi connectivity index (χ0) is 9.73. The number of hydroxylamine groups is 4. The molecule has 1 aliphatic heterocycles. The number of rotatable bonds is 4. The highest BCUT2D eigenvalue weighted by atomic mass is 17.0. The second-order valence-corrected chi connectivity index (χ2v) is 2.71. The van der Waals surface area contributed by atoms with Crippen molar-refractivity contribution in [3.05, 3.63) is 24.0 Å². The number of allylic oxidation sites excluding steroid dienone is 2. The first-order chi connectivity index (χ1) is 6.25. The summed E-state index contributed by atoms with van der Waals surface area (Å²) >= 11 is 0. The van der Waals surface area contributed by atoms with Crippen LogP contribution in [-0.2, 0) is 9.68 Å². The number of quaternary nitrogens is 1. The van der Waals surface area contributed by atoms with E-state index in [4.69, 9.17) is 15.4 Å². The molecule has 13 heavy (non-hydrogen) atoms. The summed E-state index contributed by atoms with van der Waals surface area (Å²) in [5.74, 6) is 0.589. The number of hydrogen-bond donors (Lipinski definition) is 1. The van der Waals surface area contributed by atoms with Gasteiger partial charge in [-0.1, -0.05) is 6.08 Å². The largest absolute Gasteiger partial charge is 0.350 e. The summed E-state index contributed by atoms with van der Waals surface area (Å²) in [6.07, 6.45) is 5.68. The average molecular weight is 185 g/mol. The van der Waals surface area contributed by atoms with E-state index in [-0.39, 0.29) is 4.81 Å². The van der Waals surface area contributed by atoms with Gasteiger partial charge in [0, 0.05) is 10.9 Å². The molecule has 0 saturated heterocycles. The summed E-state index contributed by atoms with van der Waals surface area (Å²) in [6.45, 7) is 5.62. The maximum absolute atomic E-state index is 5.82. The molecule has 0 amide bonds. The van der Waals surface area contributed by atoms with Crippen LogP contribution in [0.5, 0.6) is 0 Å². The first-order valence-corrected chi connectivity index (χ1v) is 4.55. The lowest BCUT2D eigenvalue weighted by atomic mass is 10.3. The third kappa shape index (κ3) is 2.09. The van der Waals surface area contributed by atoms with E-state index in [1.807, 2.05) is 26.0 Å². The maximum Gasteiger partial charge on any atom is 0.266 e. The molecule has 0 saturated carbocycles. The molecule has 0 atom stereocenters. The Kier molecular flexibility index (Phi) is 3.48. The highest BCUT2D eigenvalue weighted by Gasteiger charge is 2.36. The Labute approximate surface area is 78.7 Å². The van der Waals surface area contributed by atoms with E-state index >= 15 is 0 Å². The maximum atomic E-state index is 5.82. The van der Waals surface area contributed by atoms with E-state index in [2.05, 4.69) is 0 Å². The molecule has 1 rings (SSSR count). The Hall–Kier alpha value is -0.840. The predicted molar refractivity (Wildman–Crippen MR) is 49.8 cm³/mol. The summed E-state index contributed by atoms with van der Waals surface area (Å²) in [6, 6.07) is 0. The second-order valence-electron chi connectivity index (χ2n) is 2.71. The minimum atomic E-state index is -0.0243. The Morgan fingerprint density at radius 3 is 2.46 bits per heavy atom. The van der Waals surface area contributed by atoms with Crippen molar-refractivity contribution in [2.24, 2.45) is 5.73 Å². The van der Waals surface area contributed by atoms with Crippen molar-refractivity contribution in [3.8, 4) is 0 Å². The quantitative estimate of drug-likeness (QED) is 0.666. The lowest BCUT2D eigenvalue weighted by Gasteiger charge is -2.31. The normalized spacial score (nSPS) is 20.0. The molecule has 0 unspecified atom stereocenters. The average Bonchev–Trinajstić information content (AvgIpc) is 2.11. The molecule has 2 N–H and O–H groups in total. The first-order valence-electron chi connectivity index (χ1n) is 4.55. The molecular weight excluding hydrogens is 168 g/mol. The van der Waals surface area contributed by atoms with Crippen LogP contribution in [0.15, 0.2) is 24.0 Å². The van der Waals surface area contributed by atoms with Crippen molar-refractivity contribution in [1.29, 1.82) is 0 Å². The predicted octanol–water partition coefficient (Wildman–Crippen LogP) is 1.08. The Morgan fingerprint density at radius 1 is 1.38 bits per heavy atom.